The summed E-state index contributed by atoms with van der Waals surface area (Å²) in [4.78, 5) is 12.7. The summed E-state index contributed by atoms with van der Waals surface area (Å²) >= 11 is 4.76. The van der Waals surface area contributed by atoms with Crippen molar-refractivity contribution in [2.45, 2.75) is 25.8 Å². The standard InChI is InChI=1S/C11H14BrN3O2S/c1-5-4-7(18-9(5)12)11(16)14-8(6-2-3-6)10(13)15-17/h4,6,8,17H,2-3H2,1H3,(H2,13,15)(H,14,16). The molecule has 0 saturated heterocycles. The highest BCUT2D eigenvalue weighted by Crippen LogP contribution is 2.33. The number of halogens is 1. The molecule has 1 atom stereocenters. The number of aryl methyl sites for hydroxylation is 1. The van der Waals surface area contributed by atoms with Gasteiger partial charge in [0.2, 0.25) is 0 Å². The maximum absolute atomic E-state index is 12.1. The van der Waals surface area contributed by atoms with Gasteiger partial charge < -0.3 is 16.3 Å². The number of amides is 1. The zero-order chi connectivity index (χ0) is 13.3. The van der Waals surface area contributed by atoms with Crippen molar-refractivity contribution in [3.8, 4) is 0 Å². The number of amidine groups is 1. The van der Waals surface area contributed by atoms with Crippen LogP contribution in [0.15, 0.2) is 15.0 Å². The lowest BCUT2D eigenvalue weighted by Gasteiger charge is -2.15. The van der Waals surface area contributed by atoms with Gasteiger partial charge in [-0.3, -0.25) is 4.79 Å². The van der Waals surface area contributed by atoms with Crippen LogP contribution in [0.4, 0.5) is 0 Å². The van der Waals surface area contributed by atoms with Crippen molar-refractivity contribution in [3.63, 3.8) is 0 Å². The second kappa shape index (κ2) is 5.27. The number of nitrogens with one attached hydrogen (secondary N) is 1. The fourth-order valence-corrected chi connectivity index (χ4v) is 3.15. The number of nitrogens with two attached hydrogens (primary N) is 1. The molecule has 0 spiro atoms. The Morgan fingerprint density at radius 3 is 2.83 bits per heavy atom. The third-order valence-corrected chi connectivity index (χ3v) is 5.03. The SMILES string of the molecule is Cc1cc(C(=O)NC(C(N)=NO)C2CC2)sc1Br. The number of hydrogen-bond donors (Lipinski definition) is 3. The van der Waals surface area contributed by atoms with Gasteiger partial charge in [0, 0.05) is 0 Å². The number of oxime groups is 1. The largest absolute Gasteiger partial charge is 0.409 e. The van der Waals surface area contributed by atoms with Crippen molar-refractivity contribution in [3.05, 3.63) is 20.3 Å². The normalized spacial score (nSPS) is 17.6. The predicted molar refractivity (Wildman–Crippen MR) is 74.1 cm³/mol. The molecule has 1 unspecified atom stereocenters. The lowest BCUT2D eigenvalue weighted by atomic mass is 10.1. The van der Waals surface area contributed by atoms with E-state index in [1.165, 1.54) is 11.3 Å². The van der Waals surface area contributed by atoms with Crippen molar-refractivity contribution in [2.75, 3.05) is 0 Å². The lowest BCUT2D eigenvalue weighted by molar-refractivity contribution is 0.0947. The van der Waals surface area contributed by atoms with E-state index in [1.807, 2.05) is 13.0 Å². The number of rotatable bonds is 4. The zero-order valence-corrected chi connectivity index (χ0v) is 12.2. The molecule has 1 amide bonds. The Bertz CT molecular complexity index is 477. The molecule has 0 radical (unpaired) electrons. The van der Waals surface area contributed by atoms with Gasteiger partial charge in [-0.15, -0.1) is 11.3 Å². The molecule has 0 bridgehead atoms. The van der Waals surface area contributed by atoms with Crippen LogP contribution in [0, 0.1) is 12.8 Å². The number of thiophene rings is 1. The Hall–Kier alpha value is -1.08. The Labute approximate surface area is 117 Å². The van der Waals surface area contributed by atoms with Crippen LogP contribution in [0.5, 0.6) is 0 Å². The molecular formula is C11H14BrN3O2S. The van der Waals surface area contributed by atoms with Gasteiger partial charge in [-0.25, -0.2) is 0 Å². The molecule has 5 nitrogen and oxygen atoms in total. The summed E-state index contributed by atoms with van der Waals surface area (Å²) in [5, 5.41) is 14.5. The second-order valence-electron chi connectivity index (χ2n) is 4.38. The van der Waals surface area contributed by atoms with Crippen LogP contribution in [-0.4, -0.2) is 23.0 Å². The summed E-state index contributed by atoms with van der Waals surface area (Å²) in [6.45, 7) is 1.93. The average Bonchev–Trinajstić information content (AvgIpc) is 3.12. The maximum atomic E-state index is 12.1. The van der Waals surface area contributed by atoms with Crippen LogP contribution in [0.3, 0.4) is 0 Å². The summed E-state index contributed by atoms with van der Waals surface area (Å²) in [6.07, 6.45) is 1.99. The minimum Gasteiger partial charge on any atom is -0.409 e. The van der Waals surface area contributed by atoms with E-state index in [1.54, 1.807) is 0 Å². The molecule has 1 heterocycles. The highest BCUT2D eigenvalue weighted by Gasteiger charge is 2.35. The van der Waals surface area contributed by atoms with Crippen molar-refractivity contribution >= 4 is 39.0 Å². The molecule has 1 aliphatic rings. The molecule has 1 fully saturated rings. The van der Waals surface area contributed by atoms with Crippen LogP contribution < -0.4 is 11.1 Å². The lowest BCUT2D eigenvalue weighted by Crippen LogP contribution is -2.45. The minimum absolute atomic E-state index is 0.0678. The summed E-state index contributed by atoms with van der Waals surface area (Å²) < 4.78 is 0.944. The van der Waals surface area contributed by atoms with E-state index in [0.29, 0.717) is 4.88 Å². The second-order valence-corrected chi connectivity index (χ2v) is 6.75. The van der Waals surface area contributed by atoms with Gasteiger partial charge in [-0.1, -0.05) is 5.16 Å². The first-order valence-electron chi connectivity index (χ1n) is 5.57. The monoisotopic (exact) mass is 331 g/mol. The number of nitrogens with zero attached hydrogens (tertiary/aromatic N) is 1. The molecule has 0 aromatic carbocycles. The molecular weight excluding hydrogens is 318 g/mol. The maximum Gasteiger partial charge on any atom is 0.261 e. The first kappa shape index (κ1) is 13.4. The molecule has 2 rings (SSSR count). The summed E-state index contributed by atoms with van der Waals surface area (Å²) in [5.74, 6) is 0.171. The molecule has 1 aliphatic carbocycles. The van der Waals surface area contributed by atoms with Gasteiger partial charge in [0.05, 0.1) is 14.7 Å². The number of carbonyl (C=O) groups is 1. The molecule has 4 N–H and O–H groups in total. The fourth-order valence-electron chi connectivity index (χ4n) is 1.71. The van der Waals surface area contributed by atoms with E-state index in [0.717, 1.165) is 22.2 Å². The van der Waals surface area contributed by atoms with E-state index in [4.69, 9.17) is 10.9 Å². The molecule has 18 heavy (non-hydrogen) atoms. The third kappa shape index (κ3) is 2.84. The zero-order valence-electron chi connectivity index (χ0n) is 9.81. The highest BCUT2D eigenvalue weighted by atomic mass is 79.9. The Morgan fingerprint density at radius 2 is 2.39 bits per heavy atom. The molecule has 98 valence electrons. The minimum atomic E-state index is -0.372. The van der Waals surface area contributed by atoms with Crippen molar-refractivity contribution in [2.24, 2.45) is 16.8 Å². The summed E-state index contributed by atoms with van der Waals surface area (Å²) in [6, 6.07) is 1.45. The first-order valence-corrected chi connectivity index (χ1v) is 7.18. The van der Waals surface area contributed by atoms with Crippen LogP contribution in [0.25, 0.3) is 0 Å². The summed E-state index contributed by atoms with van der Waals surface area (Å²) in [5.41, 5.74) is 6.62. The van der Waals surface area contributed by atoms with E-state index >= 15 is 0 Å². The Morgan fingerprint density at radius 1 is 1.72 bits per heavy atom. The van der Waals surface area contributed by atoms with Crippen LogP contribution in [0.2, 0.25) is 0 Å². The smallest absolute Gasteiger partial charge is 0.261 e. The van der Waals surface area contributed by atoms with Gasteiger partial charge in [0.25, 0.3) is 5.91 Å². The Balaban J connectivity index is 2.09. The van der Waals surface area contributed by atoms with E-state index in [-0.39, 0.29) is 23.7 Å². The van der Waals surface area contributed by atoms with Crippen LogP contribution >= 0.6 is 27.3 Å². The van der Waals surface area contributed by atoms with Crippen LogP contribution in [0.1, 0.15) is 28.1 Å². The van der Waals surface area contributed by atoms with E-state index in [2.05, 4.69) is 26.4 Å². The number of carbonyl (C=O) groups excluding carboxylic acids is 1. The van der Waals surface area contributed by atoms with Gasteiger partial charge in [0.1, 0.15) is 0 Å². The molecule has 7 heteroatoms. The van der Waals surface area contributed by atoms with Gasteiger partial charge >= 0.3 is 0 Å². The van der Waals surface area contributed by atoms with E-state index < -0.39 is 0 Å². The van der Waals surface area contributed by atoms with Gasteiger partial charge in [-0.2, -0.15) is 0 Å². The van der Waals surface area contributed by atoms with Crippen molar-refractivity contribution in [1.82, 2.24) is 5.32 Å². The van der Waals surface area contributed by atoms with Gasteiger partial charge in [0.15, 0.2) is 5.84 Å². The molecule has 0 aliphatic heterocycles. The molecule has 1 aromatic rings. The van der Waals surface area contributed by atoms with Crippen molar-refractivity contribution < 1.29 is 10.0 Å². The van der Waals surface area contributed by atoms with Crippen molar-refractivity contribution in [1.29, 1.82) is 0 Å². The molecule has 1 aromatic heterocycles. The predicted octanol–water partition coefficient (Wildman–Crippen LogP) is 2.07. The average molecular weight is 332 g/mol. The molecule has 1 saturated carbocycles. The summed E-state index contributed by atoms with van der Waals surface area (Å²) in [7, 11) is 0. The fraction of sp³-hybridized carbons (Fsp3) is 0.455. The first-order chi connectivity index (χ1) is 8.52. The topological polar surface area (TPSA) is 87.7 Å². The third-order valence-electron chi connectivity index (χ3n) is 2.90. The quantitative estimate of drug-likeness (QED) is 0.341. The number of hydrogen-bond acceptors (Lipinski definition) is 4. The Kier molecular flexibility index (Phi) is 3.91. The van der Waals surface area contributed by atoms with E-state index in [9.17, 15) is 4.79 Å². The highest BCUT2D eigenvalue weighted by molar-refractivity contribution is 9.11. The van der Waals surface area contributed by atoms with Gasteiger partial charge in [-0.05, 0) is 53.2 Å². The van der Waals surface area contributed by atoms with Crippen LogP contribution in [-0.2, 0) is 0 Å².